The highest BCUT2D eigenvalue weighted by atomic mass is 32.1. The van der Waals surface area contributed by atoms with Crippen molar-refractivity contribution in [3.8, 4) is 0 Å². The Morgan fingerprint density at radius 3 is 2.85 bits per heavy atom. The minimum atomic E-state index is -0.186. The van der Waals surface area contributed by atoms with Crippen molar-refractivity contribution in [1.82, 2.24) is 10.6 Å². The number of hydrogen-bond donors (Lipinski definition) is 2. The topological polar surface area (TPSA) is 41.1 Å². The maximum atomic E-state index is 12.6. The van der Waals surface area contributed by atoms with Gasteiger partial charge in [0.25, 0.3) is 0 Å². The fraction of sp³-hybridized carbons (Fsp3) is 0.688. The quantitative estimate of drug-likeness (QED) is 0.876. The minimum absolute atomic E-state index is 0.186. The van der Waals surface area contributed by atoms with Crippen molar-refractivity contribution in [2.24, 2.45) is 5.41 Å². The molecule has 2 heterocycles. The molecule has 1 fully saturated rings. The van der Waals surface area contributed by atoms with Crippen molar-refractivity contribution < 1.29 is 4.79 Å². The molecule has 0 saturated carbocycles. The number of rotatable bonds is 5. The van der Waals surface area contributed by atoms with Gasteiger partial charge < -0.3 is 10.6 Å². The first kappa shape index (κ1) is 15.5. The maximum Gasteiger partial charge on any atom is 0.227 e. The van der Waals surface area contributed by atoms with Crippen molar-refractivity contribution >= 4 is 17.2 Å². The predicted octanol–water partition coefficient (Wildman–Crippen LogP) is 3.15. The number of nitrogens with one attached hydrogen (secondary N) is 2. The molecule has 20 heavy (non-hydrogen) atoms. The Hall–Kier alpha value is -0.870. The zero-order valence-corrected chi connectivity index (χ0v) is 13.7. The van der Waals surface area contributed by atoms with Crippen LogP contribution < -0.4 is 10.6 Å². The van der Waals surface area contributed by atoms with Gasteiger partial charge >= 0.3 is 0 Å². The van der Waals surface area contributed by atoms with Crippen LogP contribution in [-0.4, -0.2) is 19.0 Å². The normalized spacial score (nSPS) is 22.8. The molecule has 1 aliphatic heterocycles. The lowest BCUT2D eigenvalue weighted by atomic mass is 9.76. The molecular weight excluding hydrogens is 268 g/mol. The van der Waals surface area contributed by atoms with Crippen molar-refractivity contribution in [2.75, 3.05) is 13.1 Å². The number of aryl methyl sites for hydroxylation is 2. The second-order valence-electron chi connectivity index (χ2n) is 5.95. The average molecular weight is 294 g/mol. The second-order valence-corrected chi connectivity index (χ2v) is 7.29. The molecule has 1 aromatic heterocycles. The highest BCUT2D eigenvalue weighted by molar-refractivity contribution is 7.12. The Morgan fingerprint density at radius 2 is 2.30 bits per heavy atom. The van der Waals surface area contributed by atoms with E-state index >= 15 is 0 Å². The zero-order chi connectivity index (χ0) is 14.6. The Kier molecular flexibility index (Phi) is 5.22. The van der Waals surface area contributed by atoms with Gasteiger partial charge in [0.2, 0.25) is 5.91 Å². The molecule has 3 nitrogen and oxygen atoms in total. The van der Waals surface area contributed by atoms with Crippen LogP contribution in [0.2, 0.25) is 0 Å². The van der Waals surface area contributed by atoms with E-state index in [0.717, 1.165) is 38.8 Å². The van der Waals surface area contributed by atoms with Crippen LogP contribution in [0.15, 0.2) is 6.07 Å². The van der Waals surface area contributed by atoms with E-state index < -0.39 is 0 Å². The van der Waals surface area contributed by atoms with Crippen LogP contribution in [0.3, 0.4) is 0 Å². The first-order valence-corrected chi connectivity index (χ1v) is 8.44. The monoisotopic (exact) mass is 294 g/mol. The van der Waals surface area contributed by atoms with Crippen molar-refractivity contribution in [3.63, 3.8) is 0 Å². The summed E-state index contributed by atoms with van der Waals surface area (Å²) in [6.07, 6.45) is 4.16. The Balaban J connectivity index is 1.98. The summed E-state index contributed by atoms with van der Waals surface area (Å²) < 4.78 is 0. The molecule has 1 saturated heterocycles. The first-order valence-electron chi connectivity index (χ1n) is 7.62. The summed E-state index contributed by atoms with van der Waals surface area (Å²) in [6, 6.07) is 2.19. The molecule has 1 atom stereocenters. The van der Waals surface area contributed by atoms with Crippen molar-refractivity contribution in [3.05, 3.63) is 21.4 Å². The van der Waals surface area contributed by atoms with Gasteiger partial charge in [-0.3, -0.25) is 4.79 Å². The van der Waals surface area contributed by atoms with Crippen molar-refractivity contribution in [1.29, 1.82) is 0 Å². The molecule has 0 aliphatic carbocycles. The fourth-order valence-electron chi connectivity index (χ4n) is 3.06. The number of hydrogen-bond acceptors (Lipinski definition) is 3. The molecule has 0 aromatic carbocycles. The van der Waals surface area contributed by atoms with Gasteiger partial charge in [-0.25, -0.2) is 0 Å². The number of carbonyl (C=O) groups excluding carboxylic acids is 1. The minimum Gasteiger partial charge on any atom is -0.351 e. The van der Waals surface area contributed by atoms with Crippen LogP contribution in [-0.2, 0) is 11.3 Å². The zero-order valence-electron chi connectivity index (χ0n) is 12.8. The molecule has 1 aliphatic rings. The van der Waals surface area contributed by atoms with Gasteiger partial charge in [0.05, 0.1) is 12.0 Å². The lowest BCUT2D eigenvalue weighted by Gasteiger charge is -2.36. The third kappa shape index (κ3) is 3.41. The SMILES string of the molecule is CCCC1(C(=O)NCc2cc(C)c(C)s2)CCCNC1. The summed E-state index contributed by atoms with van der Waals surface area (Å²) in [6.45, 7) is 8.96. The molecule has 2 N–H and O–H groups in total. The summed E-state index contributed by atoms with van der Waals surface area (Å²) in [5, 5.41) is 6.56. The van der Waals surface area contributed by atoms with E-state index in [4.69, 9.17) is 0 Å². The molecule has 0 spiro atoms. The number of carbonyl (C=O) groups is 1. The van der Waals surface area contributed by atoms with E-state index in [1.807, 2.05) is 0 Å². The summed E-state index contributed by atoms with van der Waals surface area (Å²) in [4.78, 5) is 15.2. The highest BCUT2D eigenvalue weighted by Gasteiger charge is 2.38. The summed E-state index contributed by atoms with van der Waals surface area (Å²) in [5.41, 5.74) is 1.13. The first-order chi connectivity index (χ1) is 9.57. The van der Waals surface area contributed by atoms with E-state index in [1.54, 1.807) is 11.3 Å². The number of amides is 1. The molecule has 4 heteroatoms. The van der Waals surface area contributed by atoms with E-state index in [1.165, 1.54) is 15.3 Å². The third-order valence-corrected chi connectivity index (χ3v) is 5.48. The van der Waals surface area contributed by atoms with Gasteiger partial charge in [-0.1, -0.05) is 13.3 Å². The Morgan fingerprint density at radius 1 is 1.50 bits per heavy atom. The van der Waals surface area contributed by atoms with E-state index in [-0.39, 0.29) is 11.3 Å². The van der Waals surface area contributed by atoms with Crippen molar-refractivity contribution in [2.45, 2.75) is 53.0 Å². The van der Waals surface area contributed by atoms with Gasteiger partial charge in [0.1, 0.15) is 0 Å². The summed E-state index contributed by atoms with van der Waals surface area (Å²) in [7, 11) is 0. The van der Waals surface area contributed by atoms with E-state index in [2.05, 4.69) is 37.5 Å². The molecule has 0 radical (unpaired) electrons. The fourth-order valence-corrected chi connectivity index (χ4v) is 4.05. The highest BCUT2D eigenvalue weighted by Crippen LogP contribution is 2.32. The molecule has 1 aromatic rings. The second kappa shape index (κ2) is 6.72. The average Bonchev–Trinajstić information content (AvgIpc) is 2.76. The number of piperidine rings is 1. The molecule has 2 rings (SSSR count). The van der Waals surface area contributed by atoms with Crippen LogP contribution in [0.5, 0.6) is 0 Å². The largest absolute Gasteiger partial charge is 0.351 e. The van der Waals surface area contributed by atoms with E-state index in [9.17, 15) is 4.79 Å². The lowest BCUT2D eigenvalue weighted by Crippen LogP contribution is -2.50. The van der Waals surface area contributed by atoms with E-state index in [0.29, 0.717) is 6.54 Å². The van der Waals surface area contributed by atoms with Gasteiger partial charge in [0, 0.05) is 16.3 Å². The van der Waals surface area contributed by atoms with Gasteiger partial charge in [-0.2, -0.15) is 0 Å². The summed E-state index contributed by atoms with van der Waals surface area (Å²) >= 11 is 1.78. The number of thiophene rings is 1. The lowest BCUT2D eigenvalue weighted by molar-refractivity contribution is -0.132. The molecule has 112 valence electrons. The molecule has 1 unspecified atom stereocenters. The van der Waals surface area contributed by atoms with Gasteiger partial charge in [-0.15, -0.1) is 11.3 Å². The van der Waals surface area contributed by atoms with Crippen LogP contribution in [0, 0.1) is 19.3 Å². The van der Waals surface area contributed by atoms with Crippen LogP contribution in [0.1, 0.15) is 47.9 Å². The molecule has 0 bridgehead atoms. The smallest absolute Gasteiger partial charge is 0.227 e. The Labute approximate surface area is 126 Å². The third-order valence-electron chi connectivity index (χ3n) is 4.32. The standard InChI is InChI=1S/C16H26N2OS/c1-4-6-16(7-5-8-17-11-16)15(19)18-10-14-9-12(2)13(3)20-14/h9,17H,4-8,10-11H2,1-3H3,(H,18,19). The molecular formula is C16H26N2OS. The van der Waals surface area contributed by atoms with Crippen LogP contribution >= 0.6 is 11.3 Å². The summed E-state index contributed by atoms with van der Waals surface area (Å²) in [5.74, 6) is 0.232. The maximum absolute atomic E-state index is 12.6. The molecule has 1 amide bonds. The predicted molar refractivity (Wildman–Crippen MR) is 85.1 cm³/mol. The van der Waals surface area contributed by atoms with Gasteiger partial charge in [-0.05, 0) is 51.3 Å². The van der Waals surface area contributed by atoms with Crippen LogP contribution in [0.25, 0.3) is 0 Å². The van der Waals surface area contributed by atoms with Gasteiger partial charge in [0.15, 0.2) is 0 Å². The van der Waals surface area contributed by atoms with Crippen LogP contribution in [0.4, 0.5) is 0 Å². The Bertz CT molecular complexity index is 436.